The zero-order valence-corrected chi connectivity index (χ0v) is 11.5. The number of hydrogen-bond donors (Lipinski definition) is 2. The van der Waals surface area contributed by atoms with E-state index in [0.29, 0.717) is 23.0 Å². The second-order valence-corrected chi connectivity index (χ2v) is 5.83. The fourth-order valence-electron chi connectivity index (χ4n) is 1.79. The van der Waals surface area contributed by atoms with E-state index in [0.717, 1.165) is 16.5 Å². The molecule has 0 aliphatic carbocycles. The van der Waals surface area contributed by atoms with Gasteiger partial charge in [-0.05, 0) is 18.4 Å². The van der Waals surface area contributed by atoms with E-state index in [1.54, 1.807) is 0 Å². The van der Waals surface area contributed by atoms with Crippen LogP contribution in [0.2, 0.25) is 0 Å². The monoisotopic (exact) mass is 262 g/mol. The van der Waals surface area contributed by atoms with E-state index in [1.165, 1.54) is 11.3 Å². The molecule has 0 aliphatic rings. The van der Waals surface area contributed by atoms with Crippen LogP contribution in [-0.4, -0.2) is 12.5 Å². The minimum absolute atomic E-state index is 0.0608. The molecule has 0 bridgehead atoms. The maximum absolute atomic E-state index is 12.0. The third kappa shape index (κ3) is 2.64. The van der Waals surface area contributed by atoms with Gasteiger partial charge in [0.1, 0.15) is 4.88 Å². The molecule has 1 heterocycles. The van der Waals surface area contributed by atoms with E-state index >= 15 is 0 Å². The summed E-state index contributed by atoms with van der Waals surface area (Å²) in [5.74, 6) is 0.527. The lowest BCUT2D eigenvalue weighted by molar-refractivity contribution is 0.0957. The molecular weight excluding hydrogens is 244 g/mol. The summed E-state index contributed by atoms with van der Waals surface area (Å²) in [6, 6.07) is 7.83. The van der Waals surface area contributed by atoms with Crippen LogP contribution in [0.15, 0.2) is 24.3 Å². The Bertz CT molecular complexity index is 560. The normalized spacial score (nSPS) is 11.1. The highest BCUT2D eigenvalue weighted by Gasteiger charge is 2.15. The molecule has 1 amide bonds. The molecule has 2 aromatic rings. The van der Waals surface area contributed by atoms with Gasteiger partial charge in [0, 0.05) is 16.6 Å². The van der Waals surface area contributed by atoms with Crippen LogP contribution in [0.1, 0.15) is 29.9 Å². The topological polar surface area (TPSA) is 55.1 Å². The Kier molecular flexibility index (Phi) is 3.87. The van der Waals surface area contributed by atoms with Crippen LogP contribution < -0.4 is 11.1 Å². The fourth-order valence-corrected chi connectivity index (χ4v) is 2.83. The lowest BCUT2D eigenvalue weighted by Crippen LogP contribution is -2.25. The molecule has 4 heteroatoms. The molecule has 0 aliphatic heterocycles. The zero-order chi connectivity index (χ0) is 13.1. The third-order valence-electron chi connectivity index (χ3n) is 2.85. The van der Waals surface area contributed by atoms with Crippen molar-refractivity contribution >= 4 is 33.0 Å². The van der Waals surface area contributed by atoms with Crippen LogP contribution in [0.5, 0.6) is 0 Å². The summed E-state index contributed by atoms with van der Waals surface area (Å²) in [5, 5.41) is 3.89. The maximum Gasteiger partial charge on any atom is 0.263 e. The second-order valence-electron chi connectivity index (χ2n) is 4.78. The second kappa shape index (κ2) is 5.40. The van der Waals surface area contributed by atoms with Crippen LogP contribution in [0.3, 0.4) is 0 Å². The van der Waals surface area contributed by atoms with Gasteiger partial charge in [-0.25, -0.2) is 0 Å². The average Bonchev–Trinajstić information content (AvgIpc) is 2.67. The van der Waals surface area contributed by atoms with Gasteiger partial charge in [-0.1, -0.05) is 32.0 Å². The van der Waals surface area contributed by atoms with Crippen molar-refractivity contribution in [3.8, 4) is 0 Å². The van der Waals surface area contributed by atoms with Gasteiger partial charge in [-0.2, -0.15) is 0 Å². The van der Waals surface area contributed by atoms with Crippen LogP contribution in [-0.2, 0) is 0 Å². The molecule has 2 rings (SSSR count). The van der Waals surface area contributed by atoms with Crippen molar-refractivity contribution in [3.63, 3.8) is 0 Å². The number of anilines is 1. The van der Waals surface area contributed by atoms with Gasteiger partial charge in [0.05, 0.1) is 5.69 Å². The summed E-state index contributed by atoms with van der Waals surface area (Å²) in [7, 11) is 0. The summed E-state index contributed by atoms with van der Waals surface area (Å²) in [6.07, 6.45) is 0.983. The number of rotatable bonds is 4. The van der Waals surface area contributed by atoms with Gasteiger partial charge < -0.3 is 11.1 Å². The number of carbonyl (C=O) groups is 1. The first-order valence-corrected chi connectivity index (χ1v) is 6.96. The number of hydrogen-bond acceptors (Lipinski definition) is 3. The average molecular weight is 262 g/mol. The fraction of sp³-hybridized carbons (Fsp3) is 0.357. The van der Waals surface area contributed by atoms with E-state index in [9.17, 15) is 4.79 Å². The lowest BCUT2D eigenvalue weighted by atomic mass is 10.1. The van der Waals surface area contributed by atoms with E-state index in [1.807, 2.05) is 24.3 Å². The molecule has 0 atom stereocenters. The number of nitrogen functional groups attached to an aromatic ring is 1. The third-order valence-corrected chi connectivity index (χ3v) is 4.03. The molecule has 0 fully saturated rings. The Morgan fingerprint density at radius 3 is 2.78 bits per heavy atom. The number of carbonyl (C=O) groups excluding carboxylic acids is 1. The standard InChI is InChI=1S/C14H18N2OS/c1-9(2)7-8-16-14(17)13-12(15)10-5-3-4-6-11(10)18-13/h3-6,9H,7-8,15H2,1-2H3,(H,16,17). The molecule has 0 spiro atoms. The van der Waals surface area contributed by atoms with E-state index in [2.05, 4.69) is 19.2 Å². The van der Waals surface area contributed by atoms with Crippen molar-refractivity contribution in [2.75, 3.05) is 12.3 Å². The van der Waals surface area contributed by atoms with Crippen molar-refractivity contribution in [1.82, 2.24) is 5.32 Å². The van der Waals surface area contributed by atoms with Crippen LogP contribution in [0.4, 0.5) is 5.69 Å². The van der Waals surface area contributed by atoms with Crippen molar-refractivity contribution in [2.24, 2.45) is 5.92 Å². The first-order chi connectivity index (χ1) is 8.59. The molecule has 0 saturated heterocycles. The number of nitrogens with two attached hydrogens (primary N) is 1. The van der Waals surface area contributed by atoms with E-state index in [-0.39, 0.29) is 5.91 Å². The highest BCUT2D eigenvalue weighted by Crippen LogP contribution is 2.33. The summed E-state index contributed by atoms with van der Waals surface area (Å²) >= 11 is 1.45. The predicted octanol–water partition coefficient (Wildman–Crippen LogP) is 3.26. The molecule has 96 valence electrons. The van der Waals surface area contributed by atoms with Gasteiger partial charge in [0.25, 0.3) is 5.91 Å². The summed E-state index contributed by atoms with van der Waals surface area (Å²) < 4.78 is 1.06. The highest BCUT2D eigenvalue weighted by molar-refractivity contribution is 7.21. The minimum Gasteiger partial charge on any atom is -0.397 e. The number of fused-ring (bicyclic) bond motifs is 1. The predicted molar refractivity (Wildman–Crippen MR) is 78.0 cm³/mol. The van der Waals surface area contributed by atoms with E-state index in [4.69, 9.17) is 5.73 Å². The van der Waals surface area contributed by atoms with Crippen molar-refractivity contribution in [3.05, 3.63) is 29.1 Å². The molecular formula is C14H18N2OS. The van der Waals surface area contributed by atoms with Crippen molar-refractivity contribution in [2.45, 2.75) is 20.3 Å². The molecule has 1 aromatic heterocycles. The minimum atomic E-state index is -0.0608. The maximum atomic E-state index is 12.0. The number of nitrogens with one attached hydrogen (secondary N) is 1. The number of amides is 1. The van der Waals surface area contributed by atoms with Gasteiger partial charge in [-0.15, -0.1) is 11.3 Å². The Balaban J connectivity index is 2.15. The highest BCUT2D eigenvalue weighted by atomic mass is 32.1. The molecule has 3 nitrogen and oxygen atoms in total. The summed E-state index contributed by atoms with van der Waals surface area (Å²) in [6.45, 7) is 4.98. The van der Waals surface area contributed by atoms with Crippen LogP contribution in [0, 0.1) is 5.92 Å². The molecule has 0 radical (unpaired) electrons. The van der Waals surface area contributed by atoms with Gasteiger partial charge in [-0.3, -0.25) is 4.79 Å². The van der Waals surface area contributed by atoms with Crippen LogP contribution in [0.25, 0.3) is 10.1 Å². The van der Waals surface area contributed by atoms with E-state index < -0.39 is 0 Å². The lowest BCUT2D eigenvalue weighted by Gasteiger charge is -2.06. The largest absolute Gasteiger partial charge is 0.397 e. The molecule has 1 aromatic carbocycles. The Morgan fingerprint density at radius 1 is 1.39 bits per heavy atom. The number of thiophene rings is 1. The number of benzene rings is 1. The Morgan fingerprint density at radius 2 is 2.11 bits per heavy atom. The molecule has 18 heavy (non-hydrogen) atoms. The summed E-state index contributed by atoms with van der Waals surface area (Å²) in [4.78, 5) is 12.7. The van der Waals surface area contributed by atoms with Gasteiger partial charge in [0.2, 0.25) is 0 Å². The first-order valence-electron chi connectivity index (χ1n) is 6.14. The van der Waals surface area contributed by atoms with Crippen molar-refractivity contribution < 1.29 is 4.79 Å². The first kappa shape index (κ1) is 12.9. The summed E-state index contributed by atoms with van der Waals surface area (Å²) in [5.41, 5.74) is 6.62. The Hall–Kier alpha value is -1.55. The van der Waals surface area contributed by atoms with Gasteiger partial charge >= 0.3 is 0 Å². The zero-order valence-electron chi connectivity index (χ0n) is 10.7. The van der Waals surface area contributed by atoms with Crippen molar-refractivity contribution in [1.29, 1.82) is 0 Å². The quantitative estimate of drug-likeness (QED) is 0.888. The smallest absolute Gasteiger partial charge is 0.263 e. The SMILES string of the molecule is CC(C)CCNC(=O)c1sc2ccccc2c1N. The van der Waals surface area contributed by atoms with Gasteiger partial charge in [0.15, 0.2) is 0 Å². The molecule has 3 N–H and O–H groups in total. The Labute approximate surface area is 111 Å². The van der Waals surface area contributed by atoms with Crippen LogP contribution >= 0.6 is 11.3 Å². The molecule has 0 unspecified atom stereocenters. The molecule has 0 saturated carbocycles.